The molecule has 14 heteroatoms. The van der Waals surface area contributed by atoms with Crippen molar-refractivity contribution in [3.8, 4) is 23.0 Å². The summed E-state index contributed by atoms with van der Waals surface area (Å²) in [6.45, 7) is 11.5. The van der Waals surface area contributed by atoms with Crippen molar-refractivity contribution in [2.24, 2.45) is 0 Å². The van der Waals surface area contributed by atoms with Gasteiger partial charge in [-0.2, -0.15) is 15.0 Å². The highest BCUT2D eigenvalue weighted by atomic mass is 16.5. The van der Waals surface area contributed by atoms with Crippen molar-refractivity contribution in [2.45, 2.75) is 310 Å². The van der Waals surface area contributed by atoms with Crippen LogP contribution in [-0.4, -0.2) is 63.3 Å². The second-order valence-corrected chi connectivity index (χ2v) is 23.6. The van der Waals surface area contributed by atoms with Crippen molar-refractivity contribution < 1.29 is 29.3 Å². The average molecular weight is 1160 g/mol. The largest absolute Gasteiger partial charge is 0.507 e. The van der Waals surface area contributed by atoms with E-state index in [1.54, 1.807) is 12.1 Å². The van der Waals surface area contributed by atoms with Gasteiger partial charge in [0.15, 0.2) is 0 Å². The molecule has 472 valence electrons. The first-order chi connectivity index (χ1) is 40.8. The lowest BCUT2D eigenvalue weighted by Crippen LogP contribution is -2.34. The van der Waals surface area contributed by atoms with Gasteiger partial charge in [0, 0.05) is 25.2 Å². The molecule has 0 atom stereocenters. The molecular weight excluding hydrogens is 1040 g/mol. The van der Waals surface area contributed by atoms with Crippen LogP contribution in [0.3, 0.4) is 0 Å². The molecule has 83 heavy (non-hydrogen) atoms. The molecule has 0 radical (unpaired) electrons. The molecule has 0 spiro atoms. The molecule has 0 fully saturated rings. The number of unbranched alkanes of at least 4 members (excludes halogenated alkanes) is 40. The minimum atomic E-state index is -0.595. The van der Waals surface area contributed by atoms with E-state index >= 15 is 0 Å². The fourth-order valence-corrected chi connectivity index (χ4v) is 10.7. The molecule has 0 aliphatic carbocycles. The number of anilines is 3. The lowest BCUT2D eigenvalue weighted by Gasteiger charge is -2.24. The number of aromatic hydroxyl groups is 2. The van der Waals surface area contributed by atoms with Crippen molar-refractivity contribution in [2.75, 3.05) is 42.1 Å². The number of nitrogens with one attached hydrogen (secondary N) is 4. The number of ether oxygens (including phenoxy) is 2. The number of carbonyl (C=O) groups is 2. The summed E-state index contributed by atoms with van der Waals surface area (Å²) >= 11 is 0. The molecule has 2 amide bonds. The number of amides is 2. The van der Waals surface area contributed by atoms with Gasteiger partial charge in [0.2, 0.25) is 17.8 Å². The maximum absolute atomic E-state index is 13.6. The highest BCUT2D eigenvalue weighted by Gasteiger charge is 2.19. The fraction of sp³-hybridized carbons (Fsp3) is 0.754. The number of hydrogen-bond donors (Lipinski definition) is 6. The molecule has 1 heterocycles. The summed E-state index contributed by atoms with van der Waals surface area (Å²) < 4.78 is 11.8. The summed E-state index contributed by atoms with van der Waals surface area (Å²) in [6.07, 6.45) is 55.2. The Hall–Kier alpha value is -5.01. The van der Waals surface area contributed by atoms with Gasteiger partial charge in [0.25, 0.3) is 11.8 Å². The Labute approximate surface area is 505 Å². The number of nitrogens with zero attached hydrogens (tertiary/aromatic N) is 4. The Morgan fingerprint density at radius 3 is 0.916 bits per heavy atom. The van der Waals surface area contributed by atoms with E-state index in [1.807, 2.05) is 0 Å². The number of benzene rings is 2. The maximum atomic E-state index is 13.6. The minimum Gasteiger partial charge on any atom is -0.507 e. The second-order valence-electron chi connectivity index (χ2n) is 23.6. The average Bonchev–Trinajstić information content (AvgIpc) is 3.61. The van der Waals surface area contributed by atoms with Crippen LogP contribution in [0.15, 0.2) is 36.4 Å². The van der Waals surface area contributed by atoms with Gasteiger partial charge < -0.3 is 24.6 Å². The molecule has 1 aromatic heterocycles. The van der Waals surface area contributed by atoms with E-state index in [9.17, 15) is 19.8 Å². The van der Waals surface area contributed by atoms with Crippen molar-refractivity contribution >= 4 is 29.7 Å². The van der Waals surface area contributed by atoms with Crippen LogP contribution < -0.4 is 36.1 Å². The van der Waals surface area contributed by atoms with Gasteiger partial charge in [-0.15, -0.1) is 0 Å². The molecule has 0 aliphatic rings. The number of hydrazine groups is 2. The minimum absolute atomic E-state index is 0.0390. The van der Waals surface area contributed by atoms with Crippen molar-refractivity contribution in [1.82, 2.24) is 25.8 Å². The quantitative estimate of drug-likeness (QED) is 0.0233. The summed E-state index contributed by atoms with van der Waals surface area (Å²) in [4.78, 5) is 43.6. The molecule has 0 saturated heterocycles. The molecule has 0 bridgehead atoms. The monoisotopic (exact) mass is 1160 g/mol. The molecule has 0 aliphatic heterocycles. The molecule has 14 nitrogen and oxygen atoms in total. The van der Waals surface area contributed by atoms with Gasteiger partial charge >= 0.3 is 0 Å². The highest BCUT2D eigenvalue weighted by molar-refractivity contribution is 5.98. The molecule has 0 saturated carbocycles. The summed E-state index contributed by atoms with van der Waals surface area (Å²) in [6, 6.07) is 9.35. The van der Waals surface area contributed by atoms with Gasteiger partial charge in [0.05, 0.1) is 24.3 Å². The molecule has 3 rings (SSSR count). The second kappa shape index (κ2) is 50.3. The van der Waals surface area contributed by atoms with Crippen LogP contribution in [-0.2, 0) is 0 Å². The molecule has 0 unspecified atom stereocenters. The van der Waals surface area contributed by atoms with Gasteiger partial charge in [-0.05, 0) is 49.9 Å². The summed E-state index contributed by atoms with van der Waals surface area (Å²) in [5.74, 6) is -0.142. The molecule has 3 aromatic rings. The number of carbonyl (C=O) groups excluding carboxylic acids is 2. The van der Waals surface area contributed by atoms with Gasteiger partial charge in [0.1, 0.15) is 23.0 Å². The van der Waals surface area contributed by atoms with Crippen LogP contribution in [0.4, 0.5) is 17.8 Å². The van der Waals surface area contributed by atoms with Crippen LogP contribution in [0.2, 0.25) is 0 Å². The first-order valence-corrected chi connectivity index (χ1v) is 34.3. The standard InChI is InChI=1S/C69H120N8O6/c1-5-9-13-17-21-23-25-27-29-31-33-35-37-39-41-45-53-77(54-46-42-40-38-36-34-32-30-28-26-24-22-18-14-10-6-2)69-71-67(75-73-65(80)61-51-49-59(57-63(61)78)82-55-47-43-19-15-11-7-3)70-68(72-69)76-74-66(81)62-52-50-60(58-64(62)79)83-56-48-44-20-16-12-8-4/h49-52,57-58,78-79H,5-48,53-56H2,1-4H3,(H,73,80)(H,74,81)(H2,70,71,72,75,76). The number of phenols is 2. The number of aromatic nitrogens is 3. The summed E-state index contributed by atoms with van der Waals surface area (Å²) in [5.41, 5.74) is 11.1. The first kappa shape index (κ1) is 72.2. The van der Waals surface area contributed by atoms with E-state index < -0.39 is 11.8 Å². The normalized spacial score (nSPS) is 11.2. The fourth-order valence-electron chi connectivity index (χ4n) is 10.7. The number of phenolic OH excluding ortho intramolecular Hbond substituents is 2. The maximum Gasteiger partial charge on any atom is 0.273 e. The van der Waals surface area contributed by atoms with Crippen molar-refractivity contribution in [3.05, 3.63) is 47.5 Å². The predicted molar refractivity (Wildman–Crippen MR) is 347 cm³/mol. The molecular formula is C69H120N8O6. The third-order valence-corrected chi connectivity index (χ3v) is 16.0. The zero-order chi connectivity index (χ0) is 59.5. The van der Waals surface area contributed by atoms with Crippen LogP contribution in [0.25, 0.3) is 0 Å². The number of rotatable bonds is 57. The Balaban J connectivity index is 1.69. The van der Waals surface area contributed by atoms with Crippen molar-refractivity contribution in [1.29, 1.82) is 0 Å². The Kier molecular flexibility index (Phi) is 43.8. The van der Waals surface area contributed by atoms with Gasteiger partial charge in [-0.25, -0.2) is 0 Å². The number of hydrogen-bond acceptors (Lipinski definition) is 12. The Morgan fingerprint density at radius 2 is 0.639 bits per heavy atom. The summed E-state index contributed by atoms with van der Waals surface area (Å²) in [5, 5.41) is 21.9. The summed E-state index contributed by atoms with van der Waals surface area (Å²) in [7, 11) is 0. The van der Waals surface area contributed by atoms with Crippen molar-refractivity contribution in [3.63, 3.8) is 0 Å². The first-order valence-electron chi connectivity index (χ1n) is 34.3. The smallest absolute Gasteiger partial charge is 0.273 e. The van der Waals surface area contributed by atoms with Crippen LogP contribution in [0, 0.1) is 0 Å². The van der Waals surface area contributed by atoms with Crippen LogP contribution in [0.1, 0.15) is 331 Å². The lowest BCUT2D eigenvalue weighted by molar-refractivity contribution is 0.0951. The van der Waals surface area contributed by atoms with Gasteiger partial charge in [-0.3, -0.25) is 31.3 Å². The van der Waals surface area contributed by atoms with E-state index in [1.165, 1.54) is 255 Å². The highest BCUT2D eigenvalue weighted by Crippen LogP contribution is 2.27. The van der Waals surface area contributed by atoms with E-state index in [2.05, 4.69) is 59.3 Å². The third kappa shape index (κ3) is 36.4. The topological polar surface area (TPSA) is 183 Å². The lowest BCUT2D eigenvalue weighted by atomic mass is 10.0. The molecule has 6 N–H and O–H groups in total. The predicted octanol–water partition coefficient (Wildman–Crippen LogP) is 19.6. The third-order valence-electron chi connectivity index (χ3n) is 16.0. The Morgan fingerprint density at radius 1 is 0.373 bits per heavy atom. The van der Waals surface area contributed by atoms with E-state index in [0.717, 1.165) is 64.5 Å². The Bertz CT molecular complexity index is 1920. The zero-order valence-corrected chi connectivity index (χ0v) is 53.2. The van der Waals surface area contributed by atoms with Gasteiger partial charge in [-0.1, -0.05) is 285 Å². The van der Waals surface area contributed by atoms with E-state index in [-0.39, 0.29) is 34.5 Å². The van der Waals surface area contributed by atoms with E-state index in [0.29, 0.717) is 30.7 Å². The zero-order valence-electron chi connectivity index (χ0n) is 53.2. The SMILES string of the molecule is CCCCCCCCCCCCCCCCCCN(CCCCCCCCCCCCCCCCCC)c1nc(NNC(=O)c2ccc(OCCCCCCCC)cc2O)nc(NNC(=O)c2ccc(OCCCCCCCC)cc2O)n1. The van der Waals surface area contributed by atoms with Crippen LogP contribution in [0.5, 0.6) is 23.0 Å². The molecule has 2 aromatic carbocycles. The van der Waals surface area contributed by atoms with E-state index in [4.69, 9.17) is 19.4 Å². The van der Waals surface area contributed by atoms with Crippen LogP contribution >= 0.6 is 0 Å².